The van der Waals surface area contributed by atoms with Crippen LogP contribution in [0.3, 0.4) is 0 Å². The third kappa shape index (κ3) is 1.28. The fourth-order valence-electron chi connectivity index (χ4n) is 1.47. The van der Waals surface area contributed by atoms with E-state index in [0.29, 0.717) is 21.7 Å². The van der Waals surface area contributed by atoms with Gasteiger partial charge in [-0.1, -0.05) is 11.6 Å². The number of hydrogen-bond acceptors (Lipinski definition) is 2. The molecular weight excluding hydrogens is 200 g/mol. The number of Topliss-reactive ketones (excluding diaryl/α,β-unsaturated/α-hetero) is 1. The number of halogens is 1. The molecular formula is C11H7ClO2. The van der Waals surface area contributed by atoms with Crippen LogP contribution in [0.4, 0.5) is 0 Å². The van der Waals surface area contributed by atoms with Crippen molar-refractivity contribution in [3.63, 3.8) is 0 Å². The van der Waals surface area contributed by atoms with Crippen molar-refractivity contribution in [1.82, 2.24) is 0 Å². The zero-order valence-electron chi connectivity index (χ0n) is 7.50. The Morgan fingerprint density at radius 2 is 1.86 bits per heavy atom. The Balaban J connectivity index is 2.69. The number of hydrogen-bond donors (Lipinski definition) is 0. The summed E-state index contributed by atoms with van der Waals surface area (Å²) in [7, 11) is 0. The Bertz CT molecular complexity index is 472. The third-order valence-electron chi connectivity index (χ3n) is 2.20. The first-order valence-corrected chi connectivity index (χ1v) is 4.54. The molecule has 1 aliphatic rings. The van der Waals surface area contributed by atoms with Gasteiger partial charge in [-0.3, -0.25) is 9.59 Å². The Morgan fingerprint density at radius 1 is 1.14 bits per heavy atom. The third-order valence-corrected chi connectivity index (χ3v) is 2.43. The molecule has 0 N–H and O–H groups in total. The maximum absolute atomic E-state index is 11.6. The van der Waals surface area contributed by atoms with Gasteiger partial charge >= 0.3 is 0 Å². The maximum atomic E-state index is 11.6. The van der Waals surface area contributed by atoms with Crippen LogP contribution in [-0.2, 0) is 0 Å². The molecule has 2 rings (SSSR count). The molecule has 1 aromatic rings. The first kappa shape index (κ1) is 9.16. The van der Waals surface area contributed by atoms with E-state index in [-0.39, 0.29) is 11.6 Å². The fraction of sp³-hybridized carbons (Fsp3) is 0.0909. The van der Waals surface area contributed by atoms with Crippen molar-refractivity contribution in [3.8, 4) is 0 Å². The van der Waals surface area contributed by atoms with Crippen molar-refractivity contribution < 1.29 is 9.59 Å². The summed E-state index contributed by atoms with van der Waals surface area (Å²) in [5.74, 6) is -0.254. The normalized spacial score (nSPS) is 15.1. The molecule has 0 unspecified atom stereocenters. The van der Waals surface area contributed by atoms with E-state index >= 15 is 0 Å². The van der Waals surface area contributed by atoms with Crippen LogP contribution in [-0.4, -0.2) is 11.6 Å². The van der Waals surface area contributed by atoms with Gasteiger partial charge in [-0.15, -0.1) is 0 Å². The molecule has 0 bridgehead atoms. The van der Waals surface area contributed by atoms with E-state index in [4.69, 9.17) is 11.6 Å². The molecule has 2 nitrogen and oxygen atoms in total. The molecule has 1 aliphatic carbocycles. The lowest BCUT2D eigenvalue weighted by molar-refractivity contribution is 0.0984. The van der Waals surface area contributed by atoms with Crippen molar-refractivity contribution in [2.75, 3.05) is 0 Å². The molecule has 1 aromatic carbocycles. The Morgan fingerprint density at radius 3 is 2.57 bits per heavy atom. The number of carbonyl (C=O) groups excluding carboxylic acids is 2. The second kappa shape index (κ2) is 3.07. The molecule has 0 aromatic heterocycles. The van der Waals surface area contributed by atoms with Crippen LogP contribution in [0.5, 0.6) is 0 Å². The van der Waals surface area contributed by atoms with E-state index in [1.165, 1.54) is 12.1 Å². The largest absolute Gasteiger partial charge is 0.289 e. The van der Waals surface area contributed by atoms with Crippen molar-refractivity contribution in [2.45, 2.75) is 6.92 Å². The van der Waals surface area contributed by atoms with Crippen LogP contribution in [0.2, 0.25) is 5.02 Å². The highest BCUT2D eigenvalue weighted by Crippen LogP contribution is 2.23. The fourth-order valence-corrected chi connectivity index (χ4v) is 1.64. The lowest BCUT2D eigenvalue weighted by Crippen LogP contribution is -2.15. The quantitative estimate of drug-likeness (QED) is 0.654. The van der Waals surface area contributed by atoms with Crippen molar-refractivity contribution >= 4 is 23.2 Å². The number of ketones is 2. The van der Waals surface area contributed by atoms with E-state index < -0.39 is 0 Å². The van der Waals surface area contributed by atoms with Gasteiger partial charge in [0.05, 0.1) is 0 Å². The van der Waals surface area contributed by atoms with Gasteiger partial charge in [-0.05, 0) is 31.2 Å². The van der Waals surface area contributed by atoms with Crippen molar-refractivity contribution in [2.24, 2.45) is 0 Å². The topological polar surface area (TPSA) is 34.1 Å². The SMILES string of the molecule is CC1=CC(=O)c2cc(Cl)ccc2C1=O. The average Bonchev–Trinajstić information content (AvgIpc) is 2.14. The summed E-state index contributed by atoms with van der Waals surface area (Å²) in [5, 5.41) is 0.470. The minimum Gasteiger partial charge on any atom is -0.289 e. The van der Waals surface area contributed by atoms with Gasteiger partial charge in [0.15, 0.2) is 11.6 Å². The van der Waals surface area contributed by atoms with Gasteiger partial charge in [0, 0.05) is 21.7 Å². The summed E-state index contributed by atoms with van der Waals surface area (Å²) in [6, 6.07) is 4.73. The Labute approximate surface area is 86.2 Å². The number of carbonyl (C=O) groups is 2. The highest BCUT2D eigenvalue weighted by atomic mass is 35.5. The molecule has 70 valence electrons. The number of allylic oxidation sites excluding steroid dienone is 2. The zero-order valence-corrected chi connectivity index (χ0v) is 8.26. The standard InChI is InChI=1S/C11H7ClO2/c1-6-4-10(13)9-5-7(12)2-3-8(9)11(6)14/h2-5H,1H3. The van der Waals surface area contributed by atoms with Crippen LogP contribution >= 0.6 is 11.6 Å². The van der Waals surface area contributed by atoms with Crippen LogP contribution in [0.25, 0.3) is 0 Å². The van der Waals surface area contributed by atoms with Crippen molar-refractivity contribution in [3.05, 3.63) is 46.0 Å². The molecule has 0 spiro atoms. The molecule has 0 radical (unpaired) electrons. The Hall–Kier alpha value is -1.41. The number of benzene rings is 1. The second-order valence-electron chi connectivity index (χ2n) is 3.21. The minimum absolute atomic E-state index is 0.101. The number of fused-ring (bicyclic) bond motifs is 1. The van der Waals surface area contributed by atoms with Gasteiger partial charge < -0.3 is 0 Å². The summed E-state index contributed by atoms with van der Waals surface area (Å²) >= 11 is 5.74. The van der Waals surface area contributed by atoms with Crippen LogP contribution in [0.15, 0.2) is 29.8 Å². The lowest BCUT2D eigenvalue weighted by Gasteiger charge is -2.11. The maximum Gasteiger partial charge on any atom is 0.189 e. The molecule has 0 saturated carbocycles. The lowest BCUT2D eigenvalue weighted by atomic mass is 9.90. The van der Waals surface area contributed by atoms with Crippen molar-refractivity contribution in [1.29, 1.82) is 0 Å². The molecule has 3 heteroatoms. The van der Waals surface area contributed by atoms with Crippen LogP contribution in [0, 0.1) is 0 Å². The van der Waals surface area contributed by atoms with E-state index in [9.17, 15) is 9.59 Å². The monoisotopic (exact) mass is 206 g/mol. The highest BCUT2D eigenvalue weighted by molar-refractivity contribution is 6.32. The Kier molecular flexibility index (Phi) is 2.01. The van der Waals surface area contributed by atoms with E-state index in [1.807, 2.05) is 0 Å². The smallest absolute Gasteiger partial charge is 0.189 e. The molecule has 0 heterocycles. The summed E-state index contributed by atoms with van der Waals surface area (Å²) < 4.78 is 0. The first-order valence-electron chi connectivity index (χ1n) is 4.16. The molecule has 0 saturated heterocycles. The summed E-state index contributed by atoms with van der Waals surface area (Å²) in [4.78, 5) is 23.1. The first-order chi connectivity index (χ1) is 6.59. The van der Waals surface area contributed by atoms with Gasteiger partial charge in [-0.25, -0.2) is 0 Å². The molecule has 0 amide bonds. The summed E-state index contributed by atoms with van der Waals surface area (Å²) in [6.07, 6.45) is 1.35. The zero-order chi connectivity index (χ0) is 10.3. The van der Waals surface area contributed by atoms with Gasteiger partial charge in [0.2, 0.25) is 0 Å². The molecule has 14 heavy (non-hydrogen) atoms. The van der Waals surface area contributed by atoms with Crippen LogP contribution < -0.4 is 0 Å². The summed E-state index contributed by atoms with van der Waals surface area (Å²) in [5.41, 5.74) is 1.32. The van der Waals surface area contributed by atoms with Gasteiger partial charge in [0.25, 0.3) is 0 Å². The minimum atomic E-state index is -0.153. The molecule has 0 fully saturated rings. The van der Waals surface area contributed by atoms with E-state index in [0.717, 1.165) is 0 Å². The van der Waals surface area contributed by atoms with E-state index in [1.54, 1.807) is 19.1 Å². The molecule has 0 atom stereocenters. The predicted octanol–water partition coefficient (Wildman–Crippen LogP) is 2.67. The van der Waals surface area contributed by atoms with Gasteiger partial charge in [0.1, 0.15) is 0 Å². The average molecular weight is 207 g/mol. The number of rotatable bonds is 0. The van der Waals surface area contributed by atoms with E-state index in [2.05, 4.69) is 0 Å². The van der Waals surface area contributed by atoms with Gasteiger partial charge in [-0.2, -0.15) is 0 Å². The predicted molar refractivity (Wildman–Crippen MR) is 53.9 cm³/mol. The highest BCUT2D eigenvalue weighted by Gasteiger charge is 2.22. The molecule has 0 aliphatic heterocycles. The second-order valence-corrected chi connectivity index (χ2v) is 3.65. The summed E-state index contributed by atoms with van der Waals surface area (Å²) in [6.45, 7) is 1.64. The van der Waals surface area contributed by atoms with Crippen LogP contribution in [0.1, 0.15) is 27.6 Å².